The Bertz CT molecular complexity index is 506. The third-order valence-electron chi connectivity index (χ3n) is 2.36. The molecule has 0 spiro atoms. The van der Waals surface area contributed by atoms with Gasteiger partial charge >= 0.3 is 29.6 Å². The molecule has 6 nitrogen and oxygen atoms in total. The number of rotatable bonds is 8. The maximum Gasteiger partial charge on any atom is 1.00 e. The molecule has 0 atom stereocenters. The van der Waals surface area contributed by atoms with Crippen molar-refractivity contribution in [2.45, 2.75) is 19.4 Å². The molecule has 0 aliphatic rings. The van der Waals surface area contributed by atoms with Gasteiger partial charge in [-0.15, -0.1) is 12.4 Å². The Morgan fingerprint density at radius 1 is 1.17 bits per heavy atom. The molecule has 9 heteroatoms. The van der Waals surface area contributed by atoms with Crippen molar-refractivity contribution in [2.75, 3.05) is 32.9 Å². The average Bonchev–Trinajstić information content (AvgIpc) is 2.25. The van der Waals surface area contributed by atoms with E-state index in [9.17, 15) is 18.1 Å². The van der Waals surface area contributed by atoms with Gasteiger partial charge in [0.15, 0.2) is 0 Å². The summed E-state index contributed by atoms with van der Waals surface area (Å²) in [7, 11) is -0.0537. The molecular formula is C15H28ClN2NaO4S. The fourth-order valence-electron chi connectivity index (χ4n) is 1.58. The monoisotopic (exact) mass is 390 g/mol. The van der Waals surface area contributed by atoms with Crippen LogP contribution < -0.4 is 34.7 Å². The molecule has 0 aromatic rings. The first-order valence-corrected chi connectivity index (χ1v) is 8.23. The molecule has 0 amide bonds. The first-order chi connectivity index (χ1) is 9.78. The summed E-state index contributed by atoms with van der Waals surface area (Å²) in [5.41, 5.74) is -1.19. The van der Waals surface area contributed by atoms with Crippen molar-refractivity contribution in [3.8, 4) is 0 Å². The summed E-state index contributed by atoms with van der Waals surface area (Å²) in [5, 5.41) is 10.7. The number of aliphatic imine (C=N–C) groups is 1. The van der Waals surface area contributed by atoms with Gasteiger partial charge in [0.2, 0.25) is 0 Å². The van der Waals surface area contributed by atoms with Crippen LogP contribution in [0.1, 0.15) is 13.8 Å². The smallest absolute Gasteiger partial charge is 0.859 e. The molecule has 0 N–H and O–H groups in total. The molecule has 0 bridgehead atoms. The van der Waals surface area contributed by atoms with E-state index in [0.29, 0.717) is 0 Å². The first-order valence-electron chi connectivity index (χ1n) is 6.65. The Morgan fingerprint density at radius 3 is 1.79 bits per heavy atom. The van der Waals surface area contributed by atoms with Crippen LogP contribution in [0.2, 0.25) is 0 Å². The third kappa shape index (κ3) is 21.9. The van der Waals surface area contributed by atoms with Gasteiger partial charge in [-0.05, 0) is 31.9 Å². The zero-order chi connectivity index (χ0) is 18.0. The number of halogens is 1. The normalized spacial score (nSPS) is 11.8. The minimum atomic E-state index is -4.37. The van der Waals surface area contributed by atoms with Crippen LogP contribution in [0.4, 0.5) is 0 Å². The topological polar surface area (TPSA) is 92.6 Å². The van der Waals surface area contributed by atoms with E-state index in [-0.39, 0.29) is 42.0 Å². The second kappa shape index (κ2) is 14.1. The molecule has 0 aromatic carbocycles. The molecule has 0 radical (unpaired) electrons. The molecule has 0 saturated heterocycles. The van der Waals surface area contributed by atoms with Crippen molar-refractivity contribution in [3.63, 3.8) is 0 Å². The zero-order valence-corrected chi connectivity index (χ0v) is 19.0. The van der Waals surface area contributed by atoms with Crippen molar-refractivity contribution >= 4 is 28.4 Å². The minimum absolute atomic E-state index is 0. The summed E-state index contributed by atoms with van der Waals surface area (Å²) >= 11 is 0. The Labute approximate surface area is 175 Å². The van der Waals surface area contributed by atoms with Gasteiger partial charge in [0.05, 0.1) is 48.6 Å². The third-order valence-corrected chi connectivity index (χ3v) is 3.42. The standard InChI is InChI=1S/C8H16N.C7H13NO4S.ClH.Na/c1-5-7-9(3,4)8-6-2;1-4-6(9)8-7(2,3)5-13(10,11)12;;/h5-6H,1-2,7-8H2,3-4H3;4H,1,5H2,2-3H3,(H,8,9)(H,10,11,12);1H;/q+1;;;+1/p-2. The summed E-state index contributed by atoms with van der Waals surface area (Å²) in [5.74, 6) is -1.33. The van der Waals surface area contributed by atoms with Gasteiger partial charge < -0.3 is 14.1 Å². The quantitative estimate of drug-likeness (QED) is 0.121. The number of likely N-dealkylation sites (N-methyl/N-ethyl adjacent to an activating group) is 1. The van der Waals surface area contributed by atoms with Crippen LogP contribution in [-0.2, 0) is 10.1 Å². The molecule has 136 valence electrons. The molecule has 0 fully saturated rings. The second-order valence-electron chi connectivity index (χ2n) is 6.05. The molecule has 0 unspecified atom stereocenters. The van der Waals surface area contributed by atoms with E-state index in [0.717, 1.165) is 23.6 Å². The minimum Gasteiger partial charge on any atom is -0.859 e. The predicted octanol–water partition coefficient (Wildman–Crippen LogP) is -1.88. The van der Waals surface area contributed by atoms with E-state index < -0.39 is 27.3 Å². The van der Waals surface area contributed by atoms with Crippen LogP contribution >= 0.6 is 12.4 Å². The summed E-state index contributed by atoms with van der Waals surface area (Å²) in [6.45, 7) is 15.3. The van der Waals surface area contributed by atoms with E-state index in [1.807, 2.05) is 12.2 Å². The predicted molar refractivity (Wildman–Crippen MR) is 95.8 cm³/mol. The molecule has 0 aromatic heterocycles. The van der Waals surface area contributed by atoms with Gasteiger partial charge in [-0.25, -0.2) is 8.42 Å². The number of hydrogen-bond donors (Lipinski definition) is 0. The fourth-order valence-corrected chi connectivity index (χ4v) is 2.51. The SMILES string of the molecule is C=CC([O-])=NC(C)(C)CS(=O)(=O)[O-].C=CC[N+](C)(C)CC=C.Cl.[Na+]. The van der Waals surface area contributed by atoms with Gasteiger partial charge in [-0.3, -0.25) is 4.99 Å². The van der Waals surface area contributed by atoms with Crippen LogP contribution in [0.15, 0.2) is 43.0 Å². The van der Waals surface area contributed by atoms with E-state index >= 15 is 0 Å². The molecule has 0 aliphatic heterocycles. The van der Waals surface area contributed by atoms with Crippen molar-refractivity contribution in [1.82, 2.24) is 0 Å². The summed E-state index contributed by atoms with van der Waals surface area (Å²) in [6, 6.07) is 0. The summed E-state index contributed by atoms with van der Waals surface area (Å²) in [4.78, 5) is 3.48. The molecule has 0 rings (SSSR count). The molecular weight excluding hydrogens is 363 g/mol. The number of quaternary nitrogens is 1. The molecule has 0 saturated carbocycles. The first kappa shape index (κ1) is 31.6. The molecule has 0 aliphatic carbocycles. The van der Waals surface area contributed by atoms with E-state index in [1.165, 1.54) is 13.8 Å². The average molecular weight is 391 g/mol. The molecule has 0 heterocycles. The van der Waals surface area contributed by atoms with Crippen molar-refractivity contribution < 1.29 is 52.1 Å². The van der Waals surface area contributed by atoms with Crippen LogP contribution in [0.3, 0.4) is 0 Å². The van der Waals surface area contributed by atoms with Gasteiger partial charge in [-0.1, -0.05) is 25.8 Å². The summed E-state index contributed by atoms with van der Waals surface area (Å²) < 4.78 is 32.0. The Hall–Kier alpha value is -0.150. The Kier molecular flexibility index (Phi) is 18.5. The Morgan fingerprint density at radius 2 is 1.54 bits per heavy atom. The number of nitrogens with zero attached hydrogens (tertiary/aromatic N) is 2. The van der Waals surface area contributed by atoms with Crippen LogP contribution in [0.5, 0.6) is 0 Å². The maximum absolute atomic E-state index is 10.7. The van der Waals surface area contributed by atoms with Gasteiger partial charge in [0, 0.05) is 0 Å². The van der Waals surface area contributed by atoms with Crippen molar-refractivity contribution in [3.05, 3.63) is 38.0 Å². The number of hydrogen-bond acceptors (Lipinski definition) is 5. The van der Waals surface area contributed by atoms with E-state index in [4.69, 9.17) is 0 Å². The largest absolute Gasteiger partial charge is 1.00 e. The molecule has 24 heavy (non-hydrogen) atoms. The fraction of sp³-hybridized carbons (Fsp3) is 0.533. The van der Waals surface area contributed by atoms with Crippen molar-refractivity contribution in [2.24, 2.45) is 4.99 Å². The second-order valence-corrected chi connectivity index (χ2v) is 7.45. The van der Waals surface area contributed by atoms with Crippen LogP contribution in [0, 0.1) is 0 Å². The van der Waals surface area contributed by atoms with E-state index in [1.54, 1.807) is 0 Å². The van der Waals surface area contributed by atoms with Gasteiger partial charge in [0.25, 0.3) is 0 Å². The van der Waals surface area contributed by atoms with Gasteiger partial charge in [-0.2, -0.15) is 0 Å². The Balaban J connectivity index is -0.000000162. The van der Waals surface area contributed by atoms with Crippen LogP contribution in [0.25, 0.3) is 0 Å². The summed E-state index contributed by atoms with van der Waals surface area (Å²) in [6.07, 6.45) is 4.83. The maximum atomic E-state index is 10.7. The van der Waals surface area contributed by atoms with Crippen molar-refractivity contribution in [1.29, 1.82) is 0 Å². The van der Waals surface area contributed by atoms with Crippen LogP contribution in [-0.4, -0.2) is 61.8 Å². The zero-order valence-electron chi connectivity index (χ0n) is 15.3. The van der Waals surface area contributed by atoms with Gasteiger partial charge in [0.1, 0.15) is 0 Å². The van der Waals surface area contributed by atoms with E-state index in [2.05, 4.69) is 38.8 Å².